The number of likely N-dealkylation sites (tertiary alicyclic amines) is 1. The van der Waals surface area contributed by atoms with Crippen LogP contribution in [-0.4, -0.2) is 35.0 Å². The maximum atomic E-state index is 13.4. The van der Waals surface area contributed by atoms with Gasteiger partial charge in [0.1, 0.15) is 11.9 Å². The van der Waals surface area contributed by atoms with Crippen molar-refractivity contribution in [3.63, 3.8) is 0 Å². The monoisotopic (exact) mass is 406 g/mol. The Hall–Kier alpha value is -2.99. The molecule has 0 aliphatic carbocycles. The van der Waals surface area contributed by atoms with Gasteiger partial charge in [0.25, 0.3) is 11.1 Å². The third-order valence-corrected chi connectivity index (χ3v) is 6.23. The number of hydrogen-bond acceptors (Lipinski definition) is 4. The number of benzene rings is 3. The zero-order valence-electron chi connectivity index (χ0n) is 15.7. The fourth-order valence-electron chi connectivity index (χ4n) is 3.75. The Morgan fingerprint density at radius 1 is 1.03 bits per heavy atom. The molecule has 29 heavy (non-hydrogen) atoms. The summed E-state index contributed by atoms with van der Waals surface area (Å²) < 4.78 is 20.2. The predicted octanol–water partition coefficient (Wildman–Crippen LogP) is 5.27. The molecule has 1 saturated heterocycles. The molecule has 0 radical (unpaired) electrons. The minimum Gasteiger partial charge on any atom is -0.467 e. The summed E-state index contributed by atoms with van der Waals surface area (Å²) in [6.45, 7) is 1.30. The fourth-order valence-corrected chi connectivity index (χ4v) is 4.66. The van der Waals surface area contributed by atoms with Crippen LogP contribution in [0.3, 0.4) is 0 Å². The Kier molecular flexibility index (Phi) is 4.64. The van der Waals surface area contributed by atoms with Crippen LogP contribution in [0.15, 0.2) is 60.7 Å². The van der Waals surface area contributed by atoms with E-state index in [0.717, 1.165) is 39.4 Å². The Balaban J connectivity index is 1.23. The topological polar surface area (TPSA) is 42.4 Å². The zero-order chi connectivity index (χ0) is 19.8. The molecule has 0 N–H and O–H groups in total. The molecule has 146 valence electrons. The lowest BCUT2D eigenvalue weighted by molar-refractivity contribution is 0.0595. The number of carbonyl (C=O) groups excluding carboxylic acids is 1. The Morgan fingerprint density at radius 2 is 1.83 bits per heavy atom. The average Bonchev–Trinajstić information content (AvgIpc) is 3.14. The van der Waals surface area contributed by atoms with E-state index in [1.54, 1.807) is 6.07 Å². The number of amides is 1. The van der Waals surface area contributed by atoms with Gasteiger partial charge < -0.3 is 9.64 Å². The van der Waals surface area contributed by atoms with Crippen molar-refractivity contribution in [3.8, 4) is 5.19 Å². The maximum absolute atomic E-state index is 13.4. The van der Waals surface area contributed by atoms with Crippen LogP contribution < -0.4 is 4.74 Å². The van der Waals surface area contributed by atoms with Crippen LogP contribution in [-0.2, 0) is 0 Å². The van der Waals surface area contributed by atoms with E-state index in [9.17, 15) is 9.18 Å². The van der Waals surface area contributed by atoms with Crippen LogP contribution in [0.5, 0.6) is 5.19 Å². The third kappa shape index (κ3) is 3.68. The van der Waals surface area contributed by atoms with Gasteiger partial charge in [-0.25, -0.2) is 9.37 Å². The molecule has 6 heteroatoms. The summed E-state index contributed by atoms with van der Waals surface area (Å²) in [4.78, 5) is 19.2. The molecule has 3 aromatic carbocycles. The predicted molar refractivity (Wildman–Crippen MR) is 113 cm³/mol. The van der Waals surface area contributed by atoms with Gasteiger partial charge in [0.05, 0.1) is 10.2 Å². The van der Waals surface area contributed by atoms with Crippen molar-refractivity contribution in [1.82, 2.24) is 9.88 Å². The Morgan fingerprint density at radius 3 is 2.66 bits per heavy atom. The smallest absolute Gasteiger partial charge is 0.274 e. The number of halogens is 1. The SMILES string of the molecule is O=C(c1ccc2ccccc2c1)N1CCC(Oc2nc3ccc(F)cc3s2)CC1. The fraction of sp³-hybridized carbons (Fsp3) is 0.217. The minimum absolute atomic E-state index is 0.0149. The summed E-state index contributed by atoms with van der Waals surface area (Å²) >= 11 is 1.36. The van der Waals surface area contributed by atoms with Gasteiger partial charge in [-0.2, -0.15) is 0 Å². The lowest BCUT2D eigenvalue weighted by Gasteiger charge is -2.31. The van der Waals surface area contributed by atoms with Crippen LogP contribution in [0.4, 0.5) is 4.39 Å². The number of hydrogen-bond donors (Lipinski definition) is 0. The highest BCUT2D eigenvalue weighted by Gasteiger charge is 2.25. The van der Waals surface area contributed by atoms with Gasteiger partial charge in [0.15, 0.2) is 0 Å². The van der Waals surface area contributed by atoms with Crippen LogP contribution >= 0.6 is 11.3 Å². The summed E-state index contributed by atoms with van der Waals surface area (Å²) in [6, 6.07) is 18.4. The van der Waals surface area contributed by atoms with E-state index in [2.05, 4.69) is 4.98 Å². The van der Waals surface area contributed by atoms with Crippen molar-refractivity contribution in [3.05, 3.63) is 72.0 Å². The van der Waals surface area contributed by atoms with Crippen LogP contribution in [0.25, 0.3) is 21.0 Å². The first kappa shape index (κ1) is 18.1. The lowest BCUT2D eigenvalue weighted by Crippen LogP contribution is -2.41. The van der Waals surface area contributed by atoms with Gasteiger partial charge in [0.2, 0.25) is 0 Å². The Bertz CT molecular complexity index is 1200. The van der Waals surface area contributed by atoms with Gasteiger partial charge in [-0.3, -0.25) is 4.79 Å². The second-order valence-corrected chi connectivity index (χ2v) is 8.26. The van der Waals surface area contributed by atoms with Gasteiger partial charge in [-0.1, -0.05) is 41.7 Å². The van der Waals surface area contributed by atoms with Crippen LogP contribution in [0, 0.1) is 5.82 Å². The van der Waals surface area contributed by atoms with E-state index in [0.29, 0.717) is 18.3 Å². The van der Waals surface area contributed by atoms with Crippen molar-refractivity contribution in [1.29, 1.82) is 0 Å². The van der Waals surface area contributed by atoms with Crippen molar-refractivity contribution >= 4 is 38.2 Å². The largest absolute Gasteiger partial charge is 0.467 e. The molecule has 1 aliphatic heterocycles. The van der Waals surface area contributed by atoms with E-state index < -0.39 is 0 Å². The molecular formula is C23H19FN2O2S. The normalized spacial score (nSPS) is 15.1. The number of piperidine rings is 1. The van der Waals surface area contributed by atoms with Gasteiger partial charge in [-0.15, -0.1) is 0 Å². The summed E-state index contributed by atoms with van der Waals surface area (Å²) in [7, 11) is 0. The highest BCUT2D eigenvalue weighted by Crippen LogP contribution is 2.30. The van der Waals surface area contributed by atoms with Crippen LogP contribution in [0.2, 0.25) is 0 Å². The molecule has 1 amide bonds. The molecule has 0 atom stereocenters. The first-order valence-corrected chi connectivity index (χ1v) is 10.5. The second kappa shape index (κ2) is 7.44. The summed E-state index contributed by atoms with van der Waals surface area (Å²) in [5.74, 6) is -0.210. The molecule has 0 spiro atoms. The molecule has 4 aromatic rings. The quantitative estimate of drug-likeness (QED) is 0.465. The molecule has 0 unspecified atom stereocenters. The number of carbonyl (C=O) groups is 1. The molecular weight excluding hydrogens is 387 g/mol. The number of thiazole rings is 1. The van der Waals surface area contributed by atoms with Gasteiger partial charge in [-0.05, 0) is 41.1 Å². The highest BCUT2D eigenvalue weighted by atomic mass is 32.1. The first-order valence-electron chi connectivity index (χ1n) is 9.66. The average molecular weight is 406 g/mol. The lowest BCUT2D eigenvalue weighted by atomic mass is 10.0. The zero-order valence-corrected chi connectivity index (χ0v) is 16.5. The van der Waals surface area contributed by atoms with Crippen LogP contribution in [0.1, 0.15) is 23.2 Å². The standard InChI is InChI=1S/C23H19FN2O2S/c24-18-7-8-20-21(14-18)29-23(25-20)28-19-9-11-26(12-10-19)22(27)17-6-5-15-3-1-2-4-16(15)13-17/h1-8,13-14,19H,9-12H2. The third-order valence-electron chi connectivity index (χ3n) is 5.32. The van der Waals surface area contributed by atoms with Crippen molar-refractivity contribution in [2.24, 2.45) is 0 Å². The summed E-state index contributed by atoms with van der Waals surface area (Å²) in [5.41, 5.74) is 1.46. The van der Waals surface area contributed by atoms with E-state index in [4.69, 9.17) is 4.74 Å². The number of aromatic nitrogens is 1. The molecule has 1 aliphatic rings. The van der Waals surface area contributed by atoms with E-state index >= 15 is 0 Å². The van der Waals surface area contributed by atoms with Gasteiger partial charge in [0, 0.05) is 31.5 Å². The molecule has 4 nitrogen and oxygen atoms in total. The number of rotatable bonds is 3. The summed E-state index contributed by atoms with van der Waals surface area (Å²) in [6.07, 6.45) is 1.52. The van der Waals surface area contributed by atoms with E-state index in [-0.39, 0.29) is 17.8 Å². The van der Waals surface area contributed by atoms with Crippen molar-refractivity contribution in [2.75, 3.05) is 13.1 Å². The first-order chi connectivity index (χ1) is 14.2. The Labute approximate surface area is 171 Å². The van der Waals surface area contributed by atoms with Crippen molar-refractivity contribution in [2.45, 2.75) is 18.9 Å². The molecule has 1 aromatic heterocycles. The summed E-state index contributed by atoms with van der Waals surface area (Å²) in [5, 5.41) is 2.76. The number of fused-ring (bicyclic) bond motifs is 2. The molecule has 1 fully saturated rings. The van der Waals surface area contributed by atoms with Crippen molar-refractivity contribution < 1.29 is 13.9 Å². The number of nitrogens with zero attached hydrogens (tertiary/aromatic N) is 2. The second-order valence-electron chi connectivity index (χ2n) is 7.26. The number of ether oxygens (including phenoxy) is 1. The van der Waals surface area contributed by atoms with E-state index in [1.807, 2.05) is 47.4 Å². The van der Waals surface area contributed by atoms with Gasteiger partial charge >= 0.3 is 0 Å². The molecule has 0 bridgehead atoms. The minimum atomic E-state index is -0.270. The maximum Gasteiger partial charge on any atom is 0.274 e. The highest BCUT2D eigenvalue weighted by molar-refractivity contribution is 7.20. The molecule has 2 heterocycles. The molecule has 5 rings (SSSR count). The van der Waals surface area contributed by atoms with E-state index in [1.165, 1.54) is 23.5 Å². The molecule has 0 saturated carbocycles.